The number of alkyl halides is 3. The molecule has 0 spiro atoms. The smallest absolute Gasteiger partial charge is 0.354 e. The molecule has 0 aliphatic rings. The van der Waals surface area contributed by atoms with Crippen molar-refractivity contribution in [3.05, 3.63) is 59.7 Å². The van der Waals surface area contributed by atoms with Gasteiger partial charge >= 0.3 is 6.18 Å². The SMILES string of the molecule is CCCCC(N)C(=O)NCCc1ccc(-c2ccc(C(F)(F)F)cc2)cc1. The molecule has 2 aromatic rings. The van der Waals surface area contributed by atoms with Crippen LogP contribution in [0.1, 0.15) is 37.3 Å². The van der Waals surface area contributed by atoms with E-state index in [1.807, 2.05) is 24.3 Å². The fourth-order valence-corrected chi connectivity index (χ4v) is 2.73. The molecule has 1 atom stereocenters. The molecular weight excluding hydrogens is 353 g/mol. The molecular formula is C21H25F3N2O. The van der Waals surface area contributed by atoms with Gasteiger partial charge in [-0.05, 0) is 41.7 Å². The summed E-state index contributed by atoms with van der Waals surface area (Å²) in [6, 6.07) is 12.2. The molecule has 146 valence electrons. The Balaban J connectivity index is 1.87. The summed E-state index contributed by atoms with van der Waals surface area (Å²) in [6.45, 7) is 2.55. The van der Waals surface area contributed by atoms with Crippen molar-refractivity contribution in [2.75, 3.05) is 6.54 Å². The average molecular weight is 378 g/mol. The molecule has 0 aliphatic heterocycles. The molecule has 3 N–H and O–H groups in total. The van der Waals surface area contributed by atoms with Crippen LogP contribution in [0.2, 0.25) is 0 Å². The maximum atomic E-state index is 12.6. The number of nitrogens with two attached hydrogens (primary N) is 1. The molecule has 2 aromatic carbocycles. The van der Waals surface area contributed by atoms with Crippen molar-refractivity contribution in [2.45, 2.75) is 44.8 Å². The van der Waals surface area contributed by atoms with Crippen molar-refractivity contribution in [1.29, 1.82) is 0 Å². The number of unbranched alkanes of at least 4 members (excludes halogenated alkanes) is 1. The van der Waals surface area contributed by atoms with E-state index in [4.69, 9.17) is 5.73 Å². The zero-order valence-electron chi connectivity index (χ0n) is 15.4. The van der Waals surface area contributed by atoms with Crippen LogP contribution in [-0.2, 0) is 17.4 Å². The Labute approximate surface area is 157 Å². The zero-order chi connectivity index (χ0) is 19.9. The van der Waals surface area contributed by atoms with Gasteiger partial charge in [0.05, 0.1) is 11.6 Å². The third-order valence-electron chi connectivity index (χ3n) is 4.42. The molecule has 1 unspecified atom stereocenters. The standard InChI is InChI=1S/C21H25F3N2O/c1-2-3-4-19(25)20(27)26-14-13-15-5-7-16(8-6-15)17-9-11-18(12-10-17)21(22,23)24/h5-12,19H,2-4,13-14,25H2,1H3,(H,26,27). The molecule has 0 saturated carbocycles. The Morgan fingerprint density at radius 1 is 1.04 bits per heavy atom. The van der Waals surface area contributed by atoms with Gasteiger partial charge in [-0.25, -0.2) is 0 Å². The average Bonchev–Trinajstić information content (AvgIpc) is 2.66. The van der Waals surface area contributed by atoms with Crippen molar-refractivity contribution in [1.82, 2.24) is 5.32 Å². The van der Waals surface area contributed by atoms with E-state index in [0.29, 0.717) is 19.4 Å². The molecule has 0 radical (unpaired) electrons. The molecule has 0 heterocycles. The lowest BCUT2D eigenvalue weighted by Crippen LogP contribution is -2.41. The second kappa shape index (κ2) is 9.55. The molecule has 6 heteroatoms. The summed E-state index contributed by atoms with van der Waals surface area (Å²) >= 11 is 0. The van der Waals surface area contributed by atoms with Gasteiger partial charge in [0.25, 0.3) is 0 Å². The van der Waals surface area contributed by atoms with E-state index < -0.39 is 17.8 Å². The molecule has 0 fully saturated rings. The van der Waals surface area contributed by atoms with Crippen molar-refractivity contribution in [2.24, 2.45) is 5.73 Å². The van der Waals surface area contributed by atoms with Crippen LogP contribution in [0.25, 0.3) is 11.1 Å². The number of carbonyl (C=O) groups is 1. The summed E-state index contributed by atoms with van der Waals surface area (Å²) in [7, 11) is 0. The lowest BCUT2D eigenvalue weighted by Gasteiger charge is -2.12. The van der Waals surface area contributed by atoms with E-state index in [-0.39, 0.29) is 5.91 Å². The predicted molar refractivity (Wildman–Crippen MR) is 101 cm³/mol. The first kappa shape index (κ1) is 21.0. The minimum Gasteiger partial charge on any atom is -0.354 e. The maximum absolute atomic E-state index is 12.6. The second-order valence-corrected chi connectivity index (χ2v) is 6.56. The normalized spacial score (nSPS) is 12.6. The number of hydrogen-bond donors (Lipinski definition) is 2. The Bertz CT molecular complexity index is 725. The van der Waals surface area contributed by atoms with Crippen LogP contribution in [0.15, 0.2) is 48.5 Å². The Morgan fingerprint density at radius 3 is 2.11 bits per heavy atom. The van der Waals surface area contributed by atoms with Gasteiger partial charge in [0.15, 0.2) is 0 Å². The van der Waals surface area contributed by atoms with Crippen molar-refractivity contribution < 1.29 is 18.0 Å². The van der Waals surface area contributed by atoms with Gasteiger partial charge < -0.3 is 11.1 Å². The van der Waals surface area contributed by atoms with Crippen molar-refractivity contribution in [3.8, 4) is 11.1 Å². The molecule has 1 amide bonds. The van der Waals surface area contributed by atoms with Crippen molar-refractivity contribution in [3.63, 3.8) is 0 Å². The lowest BCUT2D eigenvalue weighted by atomic mass is 10.0. The number of hydrogen-bond acceptors (Lipinski definition) is 2. The van der Waals surface area contributed by atoms with Gasteiger partial charge in [-0.15, -0.1) is 0 Å². The summed E-state index contributed by atoms with van der Waals surface area (Å²) in [5.74, 6) is -0.134. The fraction of sp³-hybridized carbons (Fsp3) is 0.381. The highest BCUT2D eigenvalue weighted by Gasteiger charge is 2.29. The number of rotatable bonds is 8. The third-order valence-corrected chi connectivity index (χ3v) is 4.42. The quantitative estimate of drug-likeness (QED) is 0.708. The first-order valence-electron chi connectivity index (χ1n) is 9.11. The molecule has 0 bridgehead atoms. The summed E-state index contributed by atoms with van der Waals surface area (Å²) < 4.78 is 37.9. The largest absolute Gasteiger partial charge is 0.416 e. The Hall–Kier alpha value is -2.34. The minimum atomic E-state index is -4.33. The van der Waals surface area contributed by atoms with E-state index in [1.165, 1.54) is 12.1 Å². The van der Waals surface area contributed by atoms with E-state index in [2.05, 4.69) is 12.2 Å². The van der Waals surface area contributed by atoms with Gasteiger partial charge in [0.1, 0.15) is 0 Å². The predicted octanol–water partition coefficient (Wildman–Crippen LogP) is 4.55. The minimum absolute atomic E-state index is 0.134. The number of benzene rings is 2. The first-order valence-corrected chi connectivity index (χ1v) is 9.11. The number of amides is 1. The molecule has 0 aromatic heterocycles. The molecule has 0 saturated heterocycles. The zero-order valence-corrected chi connectivity index (χ0v) is 15.4. The summed E-state index contributed by atoms with van der Waals surface area (Å²) in [4.78, 5) is 11.9. The van der Waals surface area contributed by atoms with Crippen LogP contribution < -0.4 is 11.1 Å². The van der Waals surface area contributed by atoms with Crippen LogP contribution in [0.5, 0.6) is 0 Å². The summed E-state index contributed by atoms with van der Waals surface area (Å²) in [5, 5.41) is 2.84. The van der Waals surface area contributed by atoms with Crippen LogP contribution in [-0.4, -0.2) is 18.5 Å². The highest BCUT2D eigenvalue weighted by Crippen LogP contribution is 2.31. The monoisotopic (exact) mass is 378 g/mol. The summed E-state index contributed by atoms with van der Waals surface area (Å²) in [5.41, 5.74) is 7.77. The van der Waals surface area contributed by atoms with E-state index >= 15 is 0 Å². The van der Waals surface area contributed by atoms with Crippen LogP contribution in [0.4, 0.5) is 13.2 Å². The Kier molecular flexibility index (Phi) is 7.42. The maximum Gasteiger partial charge on any atom is 0.416 e. The van der Waals surface area contributed by atoms with E-state index in [0.717, 1.165) is 41.7 Å². The molecule has 3 nitrogen and oxygen atoms in total. The highest BCUT2D eigenvalue weighted by atomic mass is 19.4. The first-order chi connectivity index (χ1) is 12.8. The highest BCUT2D eigenvalue weighted by molar-refractivity contribution is 5.81. The molecule has 27 heavy (non-hydrogen) atoms. The van der Waals surface area contributed by atoms with Crippen LogP contribution in [0.3, 0.4) is 0 Å². The van der Waals surface area contributed by atoms with Crippen LogP contribution >= 0.6 is 0 Å². The number of halogens is 3. The van der Waals surface area contributed by atoms with Crippen LogP contribution in [0, 0.1) is 0 Å². The molecule has 0 aliphatic carbocycles. The van der Waals surface area contributed by atoms with E-state index in [1.54, 1.807) is 0 Å². The topological polar surface area (TPSA) is 55.1 Å². The summed E-state index contributed by atoms with van der Waals surface area (Å²) in [6.07, 6.45) is -1.04. The van der Waals surface area contributed by atoms with Gasteiger partial charge in [0.2, 0.25) is 5.91 Å². The second-order valence-electron chi connectivity index (χ2n) is 6.56. The van der Waals surface area contributed by atoms with Crippen molar-refractivity contribution >= 4 is 5.91 Å². The number of carbonyl (C=O) groups excluding carboxylic acids is 1. The van der Waals surface area contributed by atoms with Gasteiger partial charge in [-0.2, -0.15) is 13.2 Å². The van der Waals surface area contributed by atoms with E-state index in [9.17, 15) is 18.0 Å². The molecule has 2 rings (SSSR count). The third kappa shape index (κ3) is 6.40. The Morgan fingerprint density at radius 2 is 1.59 bits per heavy atom. The fourth-order valence-electron chi connectivity index (χ4n) is 2.73. The number of nitrogens with one attached hydrogen (secondary N) is 1. The van der Waals surface area contributed by atoms with Gasteiger partial charge in [-0.1, -0.05) is 56.2 Å². The van der Waals surface area contributed by atoms with Gasteiger partial charge in [-0.3, -0.25) is 4.79 Å². The van der Waals surface area contributed by atoms with Gasteiger partial charge in [0, 0.05) is 6.54 Å². The lowest BCUT2D eigenvalue weighted by molar-refractivity contribution is -0.137.